The van der Waals surface area contributed by atoms with Crippen LogP contribution in [0, 0.1) is 6.92 Å². The van der Waals surface area contributed by atoms with Crippen molar-refractivity contribution in [3.05, 3.63) is 64.4 Å². The van der Waals surface area contributed by atoms with E-state index in [1.54, 1.807) is 43.0 Å². The molecule has 0 fully saturated rings. The Bertz CT molecular complexity index is 1150. The van der Waals surface area contributed by atoms with Crippen molar-refractivity contribution >= 4 is 35.0 Å². The van der Waals surface area contributed by atoms with Crippen LogP contribution in [0.2, 0.25) is 5.02 Å². The fourth-order valence-electron chi connectivity index (χ4n) is 3.22. The van der Waals surface area contributed by atoms with E-state index in [2.05, 4.69) is 20.9 Å². The number of fused-ring (bicyclic) bond motifs is 1. The van der Waals surface area contributed by atoms with E-state index in [0.717, 1.165) is 35.5 Å². The molecule has 4 rings (SSSR count). The molecule has 1 aliphatic rings. The van der Waals surface area contributed by atoms with Gasteiger partial charge < -0.3 is 15.5 Å². The Morgan fingerprint density at radius 3 is 2.59 bits per heavy atom. The van der Waals surface area contributed by atoms with E-state index in [1.165, 1.54) is 0 Å². The van der Waals surface area contributed by atoms with Gasteiger partial charge >= 0.3 is 6.18 Å². The van der Waals surface area contributed by atoms with Crippen LogP contribution in [0.1, 0.15) is 23.0 Å². The molecule has 3 aromatic rings. The highest BCUT2D eigenvalue weighted by Gasteiger charge is 2.38. The van der Waals surface area contributed by atoms with Crippen LogP contribution < -0.4 is 15.5 Å². The van der Waals surface area contributed by atoms with Gasteiger partial charge in [-0.05, 0) is 42.8 Å². The van der Waals surface area contributed by atoms with Crippen molar-refractivity contribution in [1.82, 2.24) is 14.9 Å². The third kappa shape index (κ3) is 4.35. The minimum Gasteiger partial charge on any atom is -0.497 e. The van der Waals surface area contributed by atoms with Crippen molar-refractivity contribution in [1.29, 1.82) is 0 Å². The van der Waals surface area contributed by atoms with Crippen LogP contribution in [0.15, 0.2) is 47.6 Å². The number of halogens is 4. The lowest BCUT2D eigenvalue weighted by atomic mass is 10.0. The second-order valence-electron chi connectivity index (χ2n) is 6.97. The van der Waals surface area contributed by atoms with E-state index < -0.39 is 28.9 Å². The molecule has 0 radical (unpaired) electrons. The maximum absolute atomic E-state index is 13.2. The summed E-state index contributed by atoms with van der Waals surface area (Å²) in [5.41, 5.74) is 2.96. The van der Waals surface area contributed by atoms with Crippen LogP contribution in [-0.4, -0.2) is 33.1 Å². The Balaban J connectivity index is 1.67. The average Bonchev–Trinajstić information content (AvgIpc) is 3.13. The first-order valence-electron chi connectivity index (χ1n) is 9.34. The van der Waals surface area contributed by atoms with Crippen molar-refractivity contribution in [3.8, 4) is 5.75 Å². The van der Waals surface area contributed by atoms with Crippen LogP contribution in [0.25, 0.3) is 0 Å². The summed E-state index contributed by atoms with van der Waals surface area (Å²) in [5.74, 6) is 0.720. The summed E-state index contributed by atoms with van der Waals surface area (Å²) in [7, 11) is 1.55. The summed E-state index contributed by atoms with van der Waals surface area (Å²) in [6, 6.07) is 9.38. The van der Waals surface area contributed by atoms with E-state index in [1.807, 2.05) is 0 Å². The number of carbonyl (C=O) groups excluding carboxylic acids is 1. The number of nitrogens with one attached hydrogen (secondary N) is 2. The molecule has 2 atom stereocenters. The van der Waals surface area contributed by atoms with Gasteiger partial charge in [-0.15, -0.1) is 10.2 Å². The largest absolute Gasteiger partial charge is 0.497 e. The van der Waals surface area contributed by atoms with E-state index in [9.17, 15) is 18.0 Å². The summed E-state index contributed by atoms with van der Waals surface area (Å²) in [5, 5.41) is 10.3. The van der Waals surface area contributed by atoms with Crippen molar-refractivity contribution in [2.45, 2.75) is 29.5 Å². The number of aryl methyl sites for hydroxylation is 1. The number of nitrogens with zero attached hydrogens (tertiary/aromatic N) is 3. The van der Waals surface area contributed by atoms with Gasteiger partial charge in [0, 0.05) is 0 Å². The number of benzene rings is 2. The number of anilines is 1. The highest BCUT2D eigenvalue weighted by atomic mass is 35.5. The molecule has 32 heavy (non-hydrogen) atoms. The molecule has 0 unspecified atom stereocenters. The van der Waals surface area contributed by atoms with Crippen LogP contribution >= 0.6 is 23.4 Å². The quantitative estimate of drug-likeness (QED) is 0.561. The summed E-state index contributed by atoms with van der Waals surface area (Å²) in [6.45, 7) is 1.76. The molecule has 2 heterocycles. The van der Waals surface area contributed by atoms with Crippen molar-refractivity contribution in [2.24, 2.45) is 0 Å². The molecular weight excluding hydrogens is 467 g/mol. The number of rotatable bonds is 4. The SMILES string of the molecule is COc1ccc([C@H]2Nn3c(C)nnc3S[C@@H]2C(=O)Nc2cc(C(F)(F)F)ccc2Cl)cc1. The van der Waals surface area contributed by atoms with Crippen molar-refractivity contribution < 1.29 is 22.7 Å². The monoisotopic (exact) mass is 483 g/mol. The van der Waals surface area contributed by atoms with Crippen molar-refractivity contribution in [3.63, 3.8) is 0 Å². The van der Waals surface area contributed by atoms with Gasteiger partial charge in [-0.3, -0.25) is 4.79 Å². The predicted octanol–water partition coefficient (Wildman–Crippen LogP) is 4.67. The fourth-order valence-corrected chi connectivity index (χ4v) is 4.51. The van der Waals surface area contributed by atoms with Crippen LogP contribution in [-0.2, 0) is 11.0 Å². The summed E-state index contributed by atoms with van der Waals surface area (Å²) >= 11 is 7.21. The number of methoxy groups -OCH3 is 1. The first-order valence-corrected chi connectivity index (χ1v) is 10.6. The topological polar surface area (TPSA) is 81.1 Å². The second kappa shape index (κ2) is 8.55. The minimum atomic E-state index is -4.56. The molecule has 2 N–H and O–H groups in total. The molecular formula is C20H17ClF3N5O2S. The number of hydrogen-bond acceptors (Lipinski definition) is 6. The van der Waals surface area contributed by atoms with Crippen LogP contribution in [0.5, 0.6) is 5.75 Å². The van der Waals surface area contributed by atoms with E-state index in [0.29, 0.717) is 16.7 Å². The molecule has 0 saturated heterocycles. The molecule has 0 spiro atoms. The standard InChI is InChI=1S/C20H17ClF3N5O2S/c1-10-26-27-19-29(10)28-16(11-3-6-13(31-2)7-4-11)17(32-19)18(30)25-15-9-12(20(22,23)24)5-8-14(15)21/h3-9,16-17,28H,1-2H3,(H,25,30)/t16-,17+/m1/s1. The second-order valence-corrected chi connectivity index (χ2v) is 8.48. The van der Waals surface area contributed by atoms with Gasteiger partial charge in [0.2, 0.25) is 11.1 Å². The number of thioether (sulfide) groups is 1. The van der Waals surface area contributed by atoms with Crippen LogP contribution in [0.3, 0.4) is 0 Å². The Labute approximate surface area is 190 Å². The highest BCUT2D eigenvalue weighted by Crippen LogP contribution is 2.39. The number of alkyl halides is 3. The molecule has 7 nitrogen and oxygen atoms in total. The normalized spacial score (nSPS) is 17.9. The zero-order valence-corrected chi connectivity index (χ0v) is 18.3. The Hall–Kier alpha value is -2.92. The van der Waals surface area contributed by atoms with Gasteiger partial charge in [0.25, 0.3) is 0 Å². The van der Waals surface area contributed by atoms with Gasteiger partial charge in [-0.25, -0.2) is 4.68 Å². The third-order valence-electron chi connectivity index (χ3n) is 4.88. The average molecular weight is 484 g/mol. The molecule has 0 aliphatic carbocycles. The highest BCUT2D eigenvalue weighted by molar-refractivity contribution is 8.00. The van der Waals surface area contributed by atoms with Gasteiger partial charge in [0.05, 0.1) is 29.4 Å². The lowest BCUT2D eigenvalue weighted by Crippen LogP contribution is -2.41. The van der Waals surface area contributed by atoms with Gasteiger partial charge in [-0.1, -0.05) is 35.5 Å². The van der Waals surface area contributed by atoms with E-state index in [4.69, 9.17) is 16.3 Å². The molecule has 12 heteroatoms. The number of aromatic nitrogens is 3. The molecule has 1 aliphatic heterocycles. The van der Waals surface area contributed by atoms with Gasteiger partial charge in [0.1, 0.15) is 16.8 Å². The summed E-state index contributed by atoms with van der Waals surface area (Å²) in [4.78, 5) is 13.2. The molecule has 1 amide bonds. The molecule has 0 saturated carbocycles. The minimum absolute atomic E-state index is 0.000118. The zero-order valence-electron chi connectivity index (χ0n) is 16.8. The predicted molar refractivity (Wildman–Crippen MR) is 115 cm³/mol. The number of ether oxygens (including phenoxy) is 1. The first-order chi connectivity index (χ1) is 15.2. The Morgan fingerprint density at radius 1 is 1.22 bits per heavy atom. The molecule has 1 aromatic heterocycles. The van der Waals surface area contributed by atoms with Gasteiger partial charge in [-0.2, -0.15) is 13.2 Å². The maximum atomic E-state index is 13.2. The lowest BCUT2D eigenvalue weighted by Gasteiger charge is -2.32. The van der Waals surface area contributed by atoms with E-state index >= 15 is 0 Å². The van der Waals surface area contributed by atoms with Crippen molar-refractivity contribution in [2.75, 3.05) is 17.9 Å². The molecule has 2 aromatic carbocycles. The number of amides is 1. The fraction of sp³-hybridized carbons (Fsp3) is 0.250. The maximum Gasteiger partial charge on any atom is 0.416 e. The lowest BCUT2D eigenvalue weighted by molar-refractivity contribution is -0.137. The van der Waals surface area contributed by atoms with E-state index in [-0.39, 0.29) is 10.7 Å². The van der Waals surface area contributed by atoms with Gasteiger partial charge in [0.15, 0.2) is 0 Å². The Morgan fingerprint density at radius 2 is 1.94 bits per heavy atom. The molecule has 0 bridgehead atoms. The smallest absolute Gasteiger partial charge is 0.416 e. The zero-order chi connectivity index (χ0) is 23.0. The Kier molecular flexibility index (Phi) is 5.95. The molecule has 168 valence electrons. The number of hydrogen-bond donors (Lipinski definition) is 2. The first kappa shape index (κ1) is 22.3. The third-order valence-corrected chi connectivity index (χ3v) is 6.43. The van der Waals surface area contributed by atoms with Crippen LogP contribution in [0.4, 0.5) is 18.9 Å². The summed E-state index contributed by atoms with van der Waals surface area (Å²) in [6.07, 6.45) is -4.56. The number of carbonyl (C=O) groups is 1. The summed E-state index contributed by atoms with van der Waals surface area (Å²) < 4.78 is 46.2.